The highest BCUT2D eigenvalue weighted by Crippen LogP contribution is 2.22. The molecule has 1 atom stereocenters. The fourth-order valence-electron chi connectivity index (χ4n) is 1.87. The zero-order valence-electron chi connectivity index (χ0n) is 11.7. The van der Waals surface area contributed by atoms with E-state index < -0.39 is 4.92 Å². The van der Waals surface area contributed by atoms with Gasteiger partial charge in [-0.3, -0.25) is 14.9 Å². The minimum atomic E-state index is -0.516. The molecule has 0 bridgehead atoms. The molecule has 0 aliphatic carbocycles. The number of nitrogens with one attached hydrogen (secondary N) is 1. The number of thiazole rings is 1. The van der Waals surface area contributed by atoms with E-state index in [1.165, 1.54) is 29.5 Å². The highest BCUT2D eigenvalue weighted by molar-refractivity contribution is 7.09. The Labute approximate surface area is 126 Å². The standard InChI is InChI=1S/C14H15N3O3S/c1-3-12(14-15-9(2)8-21-14)16-13(18)10-5-4-6-11(7-10)17(19)20/h4-8,12H,3H2,1-2H3,(H,16,18)/t12-/m0/s1. The van der Waals surface area contributed by atoms with Crippen LogP contribution in [0.2, 0.25) is 0 Å². The number of non-ortho nitro benzene ring substituents is 1. The second-order valence-corrected chi connectivity index (χ2v) is 5.46. The van der Waals surface area contributed by atoms with E-state index in [1.807, 2.05) is 19.2 Å². The van der Waals surface area contributed by atoms with E-state index in [2.05, 4.69) is 10.3 Å². The van der Waals surface area contributed by atoms with Crippen LogP contribution in [0.5, 0.6) is 0 Å². The van der Waals surface area contributed by atoms with Gasteiger partial charge in [0.25, 0.3) is 11.6 Å². The van der Waals surface area contributed by atoms with Gasteiger partial charge in [-0.15, -0.1) is 11.3 Å². The second kappa shape index (κ2) is 6.45. The molecule has 0 unspecified atom stereocenters. The number of aryl methyl sites for hydroxylation is 1. The molecule has 7 heteroatoms. The van der Waals surface area contributed by atoms with Crippen LogP contribution in [0.3, 0.4) is 0 Å². The van der Waals surface area contributed by atoms with Crippen LogP contribution in [-0.4, -0.2) is 15.8 Å². The number of nitro benzene ring substituents is 1. The molecule has 6 nitrogen and oxygen atoms in total. The van der Waals surface area contributed by atoms with Gasteiger partial charge in [0.2, 0.25) is 0 Å². The number of aromatic nitrogens is 1. The van der Waals surface area contributed by atoms with Gasteiger partial charge in [0, 0.05) is 28.8 Å². The monoisotopic (exact) mass is 305 g/mol. The highest BCUT2D eigenvalue weighted by atomic mass is 32.1. The molecule has 1 amide bonds. The predicted molar refractivity (Wildman–Crippen MR) is 80.4 cm³/mol. The molecule has 1 aromatic carbocycles. The molecule has 0 aliphatic rings. The maximum Gasteiger partial charge on any atom is 0.270 e. The maximum absolute atomic E-state index is 12.2. The highest BCUT2D eigenvalue weighted by Gasteiger charge is 2.18. The van der Waals surface area contributed by atoms with E-state index in [9.17, 15) is 14.9 Å². The fourth-order valence-corrected chi connectivity index (χ4v) is 2.80. The molecule has 2 rings (SSSR count). The van der Waals surface area contributed by atoms with Crippen LogP contribution in [-0.2, 0) is 0 Å². The molecular formula is C14H15N3O3S. The molecule has 21 heavy (non-hydrogen) atoms. The first-order valence-electron chi connectivity index (χ1n) is 6.48. The van der Waals surface area contributed by atoms with Gasteiger partial charge in [0.1, 0.15) is 5.01 Å². The Kier molecular flexibility index (Phi) is 4.64. The van der Waals surface area contributed by atoms with E-state index in [1.54, 1.807) is 6.07 Å². The fraction of sp³-hybridized carbons (Fsp3) is 0.286. The lowest BCUT2D eigenvalue weighted by Gasteiger charge is -2.14. The summed E-state index contributed by atoms with van der Waals surface area (Å²) in [7, 11) is 0. The summed E-state index contributed by atoms with van der Waals surface area (Å²) in [5.41, 5.74) is 1.09. The van der Waals surface area contributed by atoms with Gasteiger partial charge in [-0.25, -0.2) is 4.98 Å². The summed E-state index contributed by atoms with van der Waals surface area (Å²) in [4.78, 5) is 26.8. The largest absolute Gasteiger partial charge is 0.343 e. The summed E-state index contributed by atoms with van der Waals surface area (Å²) in [6.45, 7) is 3.85. The quantitative estimate of drug-likeness (QED) is 0.678. The minimum Gasteiger partial charge on any atom is -0.343 e. The third-order valence-corrected chi connectivity index (χ3v) is 4.04. The van der Waals surface area contributed by atoms with Crippen LogP contribution in [0.1, 0.15) is 40.4 Å². The van der Waals surface area contributed by atoms with Gasteiger partial charge < -0.3 is 5.32 Å². The van der Waals surface area contributed by atoms with Crippen LogP contribution in [0.4, 0.5) is 5.69 Å². The molecule has 0 saturated heterocycles. The molecule has 0 fully saturated rings. The van der Waals surface area contributed by atoms with Crippen LogP contribution in [0.15, 0.2) is 29.6 Å². The summed E-state index contributed by atoms with van der Waals surface area (Å²) in [6.07, 6.45) is 0.702. The molecular weight excluding hydrogens is 290 g/mol. The smallest absolute Gasteiger partial charge is 0.270 e. The van der Waals surface area contributed by atoms with Crippen molar-refractivity contribution in [2.75, 3.05) is 0 Å². The Morgan fingerprint density at radius 2 is 2.29 bits per heavy atom. The summed E-state index contributed by atoms with van der Waals surface area (Å²) >= 11 is 1.49. The van der Waals surface area contributed by atoms with E-state index in [0.717, 1.165) is 10.7 Å². The summed E-state index contributed by atoms with van der Waals surface area (Å²) < 4.78 is 0. The van der Waals surface area contributed by atoms with Crippen molar-refractivity contribution in [2.24, 2.45) is 0 Å². The van der Waals surface area contributed by atoms with Gasteiger partial charge in [0.05, 0.1) is 11.0 Å². The van der Waals surface area contributed by atoms with E-state index in [0.29, 0.717) is 6.42 Å². The number of benzene rings is 1. The molecule has 1 aromatic heterocycles. The van der Waals surface area contributed by atoms with Crippen molar-refractivity contribution in [3.8, 4) is 0 Å². The van der Waals surface area contributed by atoms with Gasteiger partial charge in [-0.2, -0.15) is 0 Å². The van der Waals surface area contributed by atoms with Gasteiger partial charge >= 0.3 is 0 Å². The Morgan fingerprint density at radius 1 is 1.52 bits per heavy atom. The van der Waals surface area contributed by atoms with Crippen molar-refractivity contribution in [3.05, 3.63) is 56.0 Å². The first-order chi connectivity index (χ1) is 10.0. The average molecular weight is 305 g/mol. The Hall–Kier alpha value is -2.28. The number of nitro groups is 1. The topological polar surface area (TPSA) is 85.1 Å². The van der Waals surface area contributed by atoms with Crippen molar-refractivity contribution in [1.29, 1.82) is 0 Å². The number of carbonyl (C=O) groups excluding carboxylic acids is 1. The van der Waals surface area contributed by atoms with Crippen LogP contribution < -0.4 is 5.32 Å². The summed E-state index contributed by atoms with van der Waals surface area (Å²) in [6, 6.07) is 5.51. The Bertz CT molecular complexity index is 669. The molecule has 1 N–H and O–H groups in total. The van der Waals surface area contributed by atoms with E-state index >= 15 is 0 Å². The number of rotatable bonds is 5. The molecule has 0 aliphatic heterocycles. The molecule has 1 heterocycles. The van der Waals surface area contributed by atoms with Gasteiger partial charge in [0.15, 0.2) is 0 Å². The molecule has 0 saturated carbocycles. The first-order valence-corrected chi connectivity index (χ1v) is 7.36. The molecule has 0 spiro atoms. The van der Waals surface area contributed by atoms with Crippen LogP contribution in [0, 0.1) is 17.0 Å². The average Bonchev–Trinajstić information content (AvgIpc) is 2.91. The molecule has 2 aromatic rings. The normalized spacial score (nSPS) is 11.9. The predicted octanol–water partition coefficient (Wildman–Crippen LogP) is 3.24. The lowest BCUT2D eigenvalue weighted by atomic mass is 10.1. The van der Waals surface area contributed by atoms with Crippen molar-refractivity contribution in [2.45, 2.75) is 26.3 Å². The van der Waals surface area contributed by atoms with Crippen molar-refractivity contribution in [3.63, 3.8) is 0 Å². The molecule has 110 valence electrons. The second-order valence-electron chi connectivity index (χ2n) is 4.57. The van der Waals surface area contributed by atoms with E-state index in [4.69, 9.17) is 0 Å². The van der Waals surface area contributed by atoms with Crippen molar-refractivity contribution in [1.82, 2.24) is 10.3 Å². The maximum atomic E-state index is 12.2. The minimum absolute atomic E-state index is 0.0965. The number of nitrogens with zero attached hydrogens (tertiary/aromatic N) is 2. The Balaban J connectivity index is 2.16. The Morgan fingerprint density at radius 3 is 2.86 bits per heavy atom. The lowest BCUT2D eigenvalue weighted by molar-refractivity contribution is -0.384. The zero-order valence-corrected chi connectivity index (χ0v) is 12.5. The van der Waals surface area contributed by atoms with Gasteiger partial charge in [-0.1, -0.05) is 13.0 Å². The third kappa shape index (κ3) is 3.63. The van der Waals surface area contributed by atoms with Gasteiger partial charge in [-0.05, 0) is 19.4 Å². The van der Waals surface area contributed by atoms with E-state index in [-0.39, 0.29) is 23.2 Å². The summed E-state index contributed by atoms with van der Waals surface area (Å²) in [5, 5.41) is 16.4. The number of amides is 1. The van der Waals surface area contributed by atoms with Crippen molar-refractivity contribution < 1.29 is 9.72 Å². The van der Waals surface area contributed by atoms with Crippen LogP contribution in [0.25, 0.3) is 0 Å². The summed E-state index contributed by atoms with van der Waals surface area (Å²) in [5.74, 6) is -0.335. The first kappa shape index (κ1) is 15.1. The number of carbonyl (C=O) groups is 1. The van der Waals surface area contributed by atoms with Crippen LogP contribution >= 0.6 is 11.3 Å². The SMILES string of the molecule is CC[C@H](NC(=O)c1cccc([N+](=O)[O-])c1)c1nc(C)cs1. The molecule has 0 radical (unpaired) electrons. The van der Waals surface area contributed by atoms with Crippen molar-refractivity contribution >= 4 is 22.9 Å². The number of hydrogen-bond donors (Lipinski definition) is 1. The lowest BCUT2D eigenvalue weighted by Crippen LogP contribution is -2.28. The number of hydrogen-bond acceptors (Lipinski definition) is 5. The third-order valence-electron chi connectivity index (χ3n) is 2.97. The zero-order chi connectivity index (χ0) is 15.4.